The SMILES string of the molecule is CCn1c(Cc2ccc(C(=O)O)nc2)nc2ccccc21. The molecule has 0 saturated carbocycles. The molecule has 106 valence electrons. The molecule has 0 spiro atoms. The van der Waals surface area contributed by atoms with E-state index in [1.165, 1.54) is 6.07 Å². The number of aromatic nitrogens is 3. The second-order valence-corrected chi connectivity index (χ2v) is 4.79. The van der Waals surface area contributed by atoms with Crippen molar-refractivity contribution in [2.24, 2.45) is 0 Å². The van der Waals surface area contributed by atoms with Gasteiger partial charge in [-0.2, -0.15) is 0 Å². The second kappa shape index (κ2) is 5.36. The van der Waals surface area contributed by atoms with E-state index in [4.69, 9.17) is 5.11 Å². The molecule has 0 aliphatic rings. The van der Waals surface area contributed by atoms with E-state index in [1.54, 1.807) is 12.3 Å². The predicted octanol–water partition coefficient (Wildman–Crippen LogP) is 2.74. The summed E-state index contributed by atoms with van der Waals surface area (Å²) in [6, 6.07) is 11.3. The average Bonchev–Trinajstić information content (AvgIpc) is 2.84. The molecule has 0 amide bonds. The molecule has 0 aliphatic carbocycles. The van der Waals surface area contributed by atoms with Crippen molar-refractivity contribution >= 4 is 17.0 Å². The molecule has 5 heteroatoms. The number of aromatic carboxylic acids is 1. The highest BCUT2D eigenvalue weighted by atomic mass is 16.4. The Balaban J connectivity index is 1.95. The maximum atomic E-state index is 10.8. The van der Waals surface area contributed by atoms with Crippen LogP contribution in [0.4, 0.5) is 0 Å². The molecule has 0 bridgehead atoms. The Morgan fingerprint density at radius 3 is 2.71 bits per heavy atom. The second-order valence-electron chi connectivity index (χ2n) is 4.79. The summed E-state index contributed by atoms with van der Waals surface area (Å²) in [5.41, 5.74) is 3.10. The quantitative estimate of drug-likeness (QED) is 0.798. The van der Waals surface area contributed by atoms with Crippen molar-refractivity contribution in [2.75, 3.05) is 0 Å². The topological polar surface area (TPSA) is 68.0 Å². The van der Waals surface area contributed by atoms with Gasteiger partial charge in [0.2, 0.25) is 0 Å². The molecular formula is C16H15N3O2. The molecule has 1 N–H and O–H groups in total. The number of fused-ring (bicyclic) bond motifs is 1. The largest absolute Gasteiger partial charge is 0.477 e. The van der Waals surface area contributed by atoms with Crippen LogP contribution in [-0.4, -0.2) is 25.6 Å². The van der Waals surface area contributed by atoms with Crippen molar-refractivity contribution in [2.45, 2.75) is 19.9 Å². The van der Waals surface area contributed by atoms with Gasteiger partial charge in [0.15, 0.2) is 0 Å². The number of aryl methyl sites for hydroxylation is 1. The van der Waals surface area contributed by atoms with E-state index in [0.717, 1.165) is 29.0 Å². The predicted molar refractivity (Wildman–Crippen MR) is 79.4 cm³/mol. The molecule has 0 fully saturated rings. The van der Waals surface area contributed by atoms with Crippen LogP contribution < -0.4 is 0 Å². The summed E-state index contributed by atoms with van der Waals surface area (Å²) in [7, 11) is 0. The molecule has 0 atom stereocenters. The lowest BCUT2D eigenvalue weighted by molar-refractivity contribution is 0.0690. The number of benzene rings is 1. The van der Waals surface area contributed by atoms with Crippen LogP contribution in [0.3, 0.4) is 0 Å². The highest BCUT2D eigenvalue weighted by Gasteiger charge is 2.10. The fourth-order valence-electron chi connectivity index (χ4n) is 2.45. The molecule has 5 nitrogen and oxygen atoms in total. The van der Waals surface area contributed by atoms with Gasteiger partial charge < -0.3 is 9.67 Å². The fourth-order valence-corrected chi connectivity index (χ4v) is 2.45. The summed E-state index contributed by atoms with van der Waals surface area (Å²) in [5, 5.41) is 8.86. The van der Waals surface area contributed by atoms with Crippen LogP contribution in [0.5, 0.6) is 0 Å². The van der Waals surface area contributed by atoms with E-state index in [2.05, 4.69) is 27.5 Å². The molecule has 0 unspecified atom stereocenters. The Labute approximate surface area is 121 Å². The standard InChI is InChI=1S/C16H15N3O2/c1-2-19-14-6-4-3-5-12(14)18-15(19)9-11-7-8-13(16(20)21)17-10-11/h3-8,10H,2,9H2,1H3,(H,20,21). The third kappa shape index (κ3) is 2.50. The number of pyridine rings is 1. The number of carboxylic acid groups (broad SMARTS) is 1. The van der Waals surface area contributed by atoms with Crippen molar-refractivity contribution in [1.82, 2.24) is 14.5 Å². The molecule has 1 aromatic carbocycles. The minimum atomic E-state index is -1.01. The summed E-state index contributed by atoms with van der Waals surface area (Å²) in [5.74, 6) is -0.0501. The number of hydrogen-bond donors (Lipinski definition) is 1. The van der Waals surface area contributed by atoms with E-state index in [1.807, 2.05) is 18.2 Å². The van der Waals surface area contributed by atoms with Gasteiger partial charge in [-0.15, -0.1) is 0 Å². The zero-order valence-corrected chi connectivity index (χ0v) is 11.7. The number of hydrogen-bond acceptors (Lipinski definition) is 3. The van der Waals surface area contributed by atoms with Crippen molar-refractivity contribution in [3.63, 3.8) is 0 Å². The first-order valence-corrected chi connectivity index (χ1v) is 6.81. The summed E-state index contributed by atoms with van der Waals surface area (Å²) in [6.45, 7) is 2.93. The number of nitrogens with zero attached hydrogens (tertiary/aromatic N) is 3. The van der Waals surface area contributed by atoms with Gasteiger partial charge in [0, 0.05) is 19.2 Å². The third-order valence-electron chi connectivity index (χ3n) is 3.46. The average molecular weight is 281 g/mol. The number of carboxylic acids is 1. The van der Waals surface area contributed by atoms with Gasteiger partial charge in [-0.05, 0) is 30.7 Å². The van der Waals surface area contributed by atoms with Crippen molar-refractivity contribution in [3.8, 4) is 0 Å². The molecule has 0 aliphatic heterocycles. The molecule has 3 rings (SSSR count). The minimum absolute atomic E-state index is 0.0581. The van der Waals surface area contributed by atoms with Gasteiger partial charge in [-0.3, -0.25) is 0 Å². The Hall–Kier alpha value is -2.69. The van der Waals surface area contributed by atoms with Crippen LogP contribution >= 0.6 is 0 Å². The maximum Gasteiger partial charge on any atom is 0.354 e. The zero-order chi connectivity index (χ0) is 14.8. The molecule has 3 aromatic rings. The van der Waals surface area contributed by atoms with Crippen LogP contribution in [0, 0.1) is 0 Å². The van der Waals surface area contributed by atoms with Gasteiger partial charge in [0.1, 0.15) is 11.5 Å². The Morgan fingerprint density at radius 1 is 1.24 bits per heavy atom. The third-order valence-corrected chi connectivity index (χ3v) is 3.46. The van der Waals surface area contributed by atoms with Crippen LogP contribution in [0.15, 0.2) is 42.6 Å². The molecule has 2 heterocycles. The lowest BCUT2D eigenvalue weighted by atomic mass is 10.2. The lowest BCUT2D eigenvalue weighted by Gasteiger charge is -2.06. The monoisotopic (exact) mass is 281 g/mol. The summed E-state index contributed by atoms with van der Waals surface area (Å²) < 4.78 is 2.17. The fraction of sp³-hybridized carbons (Fsp3) is 0.188. The van der Waals surface area contributed by atoms with E-state index in [0.29, 0.717) is 6.42 Å². The number of para-hydroxylation sites is 2. The highest BCUT2D eigenvalue weighted by molar-refractivity contribution is 5.85. The summed E-state index contributed by atoms with van der Waals surface area (Å²) in [4.78, 5) is 19.4. The van der Waals surface area contributed by atoms with Crippen molar-refractivity contribution < 1.29 is 9.90 Å². The number of imidazole rings is 1. The molecule has 21 heavy (non-hydrogen) atoms. The van der Waals surface area contributed by atoms with Crippen LogP contribution in [0.1, 0.15) is 28.8 Å². The van der Waals surface area contributed by atoms with Gasteiger partial charge in [0.25, 0.3) is 0 Å². The van der Waals surface area contributed by atoms with Crippen LogP contribution in [0.25, 0.3) is 11.0 Å². The smallest absolute Gasteiger partial charge is 0.354 e. The van der Waals surface area contributed by atoms with Crippen molar-refractivity contribution in [3.05, 3.63) is 59.7 Å². The summed E-state index contributed by atoms with van der Waals surface area (Å²) in [6.07, 6.45) is 2.23. The maximum absolute atomic E-state index is 10.8. The first kappa shape index (κ1) is 13.3. The normalized spacial score (nSPS) is 10.9. The zero-order valence-electron chi connectivity index (χ0n) is 11.7. The minimum Gasteiger partial charge on any atom is -0.477 e. The number of rotatable bonds is 4. The highest BCUT2D eigenvalue weighted by Crippen LogP contribution is 2.18. The molecule has 0 saturated heterocycles. The van der Waals surface area contributed by atoms with Crippen LogP contribution in [0.2, 0.25) is 0 Å². The summed E-state index contributed by atoms with van der Waals surface area (Å²) >= 11 is 0. The molecule has 0 radical (unpaired) electrons. The van der Waals surface area contributed by atoms with E-state index in [-0.39, 0.29) is 5.69 Å². The molecular weight excluding hydrogens is 266 g/mol. The Bertz CT molecular complexity index is 791. The van der Waals surface area contributed by atoms with Gasteiger partial charge in [-0.1, -0.05) is 18.2 Å². The first-order valence-electron chi connectivity index (χ1n) is 6.81. The van der Waals surface area contributed by atoms with Crippen molar-refractivity contribution in [1.29, 1.82) is 0 Å². The van der Waals surface area contributed by atoms with Gasteiger partial charge in [-0.25, -0.2) is 14.8 Å². The number of carbonyl (C=O) groups is 1. The van der Waals surface area contributed by atoms with Crippen LogP contribution in [-0.2, 0) is 13.0 Å². The van der Waals surface area contributed by atoms with E-state index in [9.17, 15) is 4.79 Å². The van der Waals surface area contributed by atoms with Gasteiger partial charge >= 0.3 is 5.97 Å². The first-order chi connectivity index (χ1) is 10.2. The lowest BCUT2D eigenvalue weighted by Crippen LogP contribution is -2.04. The van der Waals surface area contributed by atoms with E-state index >= 15 is 0 Å². The van der Waals surface area contributed by atoms with Gasteiger partial charge in [0.05, 0.1) is 11.0 Å². The van der Waals surface area contributed by atoms with E-state index < -0.39 is 5.97 Å². The Kier molecular flexibility index (Phi) is 3.39. The Morgan fingerprint density at radius 2 is 2.05 bits per heavy atom. The molecule has 2 aromatic heterocycles.